The van der Waals surface area contributed by atoms with Crippen LogP contribution in [0.2, 0.25) is 0 Å². The van der Waals surface area contributed by atoms with E-state index in [-0.39, 0.29) is 17.4 Å². The number of nitrogens with one attached hydrogen (secondary N) is 1. The number of fused-ring (bicyclic) bond motifs is 1. The van der Waals surface area contributed by atoms with Gasteiger partial charge in [0.05, 0.1) is 24.2 Å². The van der Waals surface area contributed by atoms with Gasteiger partial charge < -0.3 is 14.2 Å². The molecule has 0 spiro atoms. The van der Waals surface area contributed by atoms with E-state index in [2.05, 4.69) is 4.72 Å². The van der Waals surface area contributed by atoms with Crippen LogP contribution < -0.4 is 14.2 Å². The molecule has 0 aliphatic carbocycles. The van der Waals surface area contributed by atoms with Gasteiger partial charge >= 0.3 is 0 Å². The highest BCUT2D eigenvalue weighted by atomic mass is 32.2. The number of carbonyl (C=O) groups excluding carboxylic acids is 1. The fourth-order valence-corrected chi connectivity index (χ4v) is 3.76. The van der Waals surface area contributed by atoms with Gasteiger partial charge in [-0.15, -0.1) is 0 Å². The summed E-state index contributed by atoms with van der Waals surface area (Å²) in [5.74, 6) is 0.357. The molecule has 0 saturated carbocycles. The van der Waals surface area contributed by atoms with E-state index in [0.717, 1.165) is 19.3 Å². The molecule has 2 heterocycles. The van der Waals surface area contributed by atoms with E-state index in [9.17, 15) is 13.2 Å². The molecule has 0 aromatic heterocycles. The molecule has 0 radical (unpaired) electrons. The molecule has 132 valence electrons. The highest BCUT2D eigenvalue weighted by Crippen LogP contribution is 2.31. The van der Waals surface area contributed by atoms with Crippen LogP contribution in [0.5, 0.6) is 11.5 Å². The van der Waals surface area contributed by atoms with Crippen LogP contribution in [-0.4, -0.2) is 40.2 Å². The first-order chi connectivity index (χ1) is 11.5. The average molecular weight is 355 g/mol. The topological polar surface area (TPSA) is 90.9 Å². The molecule has 1 saturated heterocycles. The van der Waals surface area contributed by atoms with Crippen LogP contribution >= 0.6 is 0 Å². The van der Waals surface area contributed by atoms with E-state index < -0.39 is 15.9 Å². The number of rotatable bonds is 5. The molecular weight excluding hydrogens is 334 g/mol. The first-order valence-electron chi connectivity index (χ1n) is 8.11. The van der Waals surface area contributed by atoms with Crippen LogP contribution in [0.25, 0.3) is 0 Å². The maximum atomic E-state index is 12.4. The summed E-state index contributed by atoms with van der Waals surface area (Å²) in [7, 11) is -3.93. The van der Waals surface area contributed by atoms with Crippen LogP contribution in [0, 0.1) is 0 Å². The number of hydrogen-bond acceptors (Lipinski definition) is 6. The lowest BCUT2D eigenvalue weighted by molar-refractivity contribution is -0.119. The summed E-state index contributed by atoms with van der Waals surface area (Å²) >= 11 is 0. The average Bonchev–Trinajstić information content (AvgIpc) is 2.96. The molecule has 7 nitrogen and oxygen atoms in total. The van der Waals surface area contributed by atoms with Crippen molar-refractivity contribution in [3.05, 3.63) is 18.2 Å². The largest absolute Gasteiger partial charge is 0.490 e. The Morgan fingerprint density at radius 2 is 1.92 bits per heavy atom. The standard InChI is InChI=1S/C16H21NO6S/c18-16(7-4-12-3-1-8-21-12)17-24(19,20)13-5-6-14-15(11-13)23-10-2-9-22-14/h5-6,11-12H,1-4,7-10H2,(H,17,18)/t12-/m1/s1. The molecule has 1 amide bonds. The number of benzene rings is 1. The zero-order valence-electron chi connectivity index (χ0n) is 13.3. The van der Waals surface area contributed by atoms with Crippen molar-refractivity contribution in [1.29, 1.82) is 0 Å². The van der Waals surface area contributed by atoms with Crippen LogP contribution in [0.4, 0.5) is 0 Å². The Balaban J connectivity index is 1.64. The fraction of sp³-hybridized carbons (Fsp3) is 0.562. The van der Waals surface area contributed by atoms with Crippen LogP contribution in [0.15, 0.2) is 23.1 Å². The van der Waals surface area contributed by atoms with Crippen molar-refractivity contribution in [2.45, 2.75) is 43.1 Å². The molecule has 1 atom stereocenters. The van der Waals surface area contributed by atoms with E-state index in [1.165, 1.54) is 12.1 Å². The second-order valence-corrected chi connectivity index (χ2v) is 7.54. The highest BCUT2D eigenvalue weighted by molar-refractivity contribution is 7.90. The molecule has 0 bridgehead atoms. The molecule has 8 heteroatoms. The van der Waals surface area contributed by atoms with Gasteiger partial charge in [0.15, 0.2) is 11.5 Å². The Bertz CT molecular complexity index is 697. The minimum atomic E-state index is -3.93. The van der Waals surface area contributed by atoms with E-state index in [0.29, 0.717) is 37.7 Å². The number of sulfonamides is 1. The minimum Gasteiger partial charge on any atom is -0.490 e. The Kier molecular flexibility index (Phi) is 5.25. The normalized spacial score (nSPS) is 20.4. The van der Waals surface area contributed by atoms with E-state index in [1.54, 1.807) is 6.07 Å². The van der Waals surface area contributed by atoms with Crippen LogP contribution in [0.3, 0.4) is 0 Å². The zero-order chi connectivity index (χ0) is 17.0. The van der Waals surface area contributed by atoms with E-state index in [1.807, 2.05) is 0 Å². The first-order valence-corrected chi connectivity index (χ1v) is 9.60. The van der Waals surface area contributed by atoms with Crippen molar-refractivity contribution >= 4 is 15.9 Å². The van der Waals surface area contributed by atoms with Gasteiger partial charge in [0.25, 0.3) is 10.0 Å². The third-order valence-corrected chi connectivity index (χ3v) is 5.37. The lowest BCUT2D eigenvalue weighted by atomic mass is 10.1. The van der Waals surface area contributed by atoms with Gasteiger partial charge in [0.2, 0.25) is 5.91 Å². The molecular formula is C16H21NO6S. The minimum absolute atomic E-state index is 0.0165. The molecule has 1 aromatic rings. The van der Waals surface area contributed by atoms with E-state index in [4.69, 9.17) is 14.2 Å². The third-order valence-electron chi connectivity index (χ3n) is 3.99. The summed E-state index contributed by atoms with van der Waals surface area (Å²) in [5, 5.41) is 0. The molecule has 1 N–H and O–H groups in total. The molecule has 3 rings (SSSR count). The van der Waals surface area contributed by atoms with Gasteiger partial charge in [-0.1, -0.05) is 0 Å². The lowest BCUT2D eigenvalue weighted by Crippen LogP contribution is -2.31. The summed E-state index contributed by atoms with van der Waals surface area (Å²) in [6, 6.07) is 4.34. The zero-order valence-corrected chi connectivity index (χ0v) is 14.1. The monoisotopic (exact) mass is 355 g/mol. The van der Waals surface area contributed by atoms with Gasteiger partial charge in [-0.2, -0.15) is 0 Å². The molecule has 0 unspecified atom stereocenters. The molecule has 1 aromatic carbocycles. The summed E-state index contributed by atoms with van der Waals surface area (Å²) in [5.41, 5.74) is 0. The Morgan fingerprint density at radius 1 is 1.12 bits per heavy atom. The van der Waals surface area contributed by atoms with Gasteiger partial charge in [-0.25, -0.2) is 13.1 Å². The summed E-state index contributed by atoms with van der Waals surface area (Å²) in [6.07, 6.45) is 3.34. The molecule has 2 aliphatic heterocycles. The van der Waals surface area contributed by atoms with Gasteiger partial charge in [0, 0.05) is 25.5 Å². The van der Waals surface area contributed by atoms with Crippen molar-refractivity contribution in [3.8, 4) is 11.5 Å². The van der Waals surface area contributed by atoms with Crippen molar-refractivity contribution in [3.63, 3.8) is 0 Å². The quantitative estimate of drug-likeness (QED) is 0.863. The van der Waals surface area contributed by atoms with E-state index >= 15 is 0 Å². The second kappa shape index (κ2) is 7.40. The van der Waals surface area contributed by atoms with Gasteiger partial charge in [-0.05, 0) is 31.4 Å². The highest BCUT2D eigenvalue weighted by Gasteiger charge is 2.22. The predicted molar refractivity (Wildman–Crippen MR) is 85.6 cm³/mol. The molecule has 2 aliphatic rings. The predicted octanol–water partition coefficient (Wildman–Crippen LogP) is 1.61. The smallest absolute Gasteiger partial charge is 0.264 e. The number of ether oxygens (including phenoxy) is 3. The van der Waals surface area contributed by atoms with Gasteiger partial charge in [0.1, 0.15) is 0 Å². The third kappa shape index (κ3) is 4.18. The summed E-state index contributed by atoms with van der Waals surface area (Å²) < 4.78 is 43.2. The number of carbonyl (C=O) groups is 1. The van der Waals surface area contributed by atoms with Crippen LogP contribution in [0.1, 0.15) is 32.1 Å². The summed E-state index contributed by atoms with van der Waals surface area (Å²) in [4.78, 5) is 11.9. The Morgan fingerprint density at radius 3 is 2.67 bits per heavy atom. The maximum Gasteiger partial charge on any atom is 0.264 e. The van der Waals surface area contributed by atoms with Crippen molar-refractivity contribution in [2.75, 3.05) is 19.8 Å². The van der Waals surface area contributed by atoms with Gasteiger partial charge in [-0.3, -0.25) is 4.79 Å². The van der Waals surface area contributed by atoms with Crippen molar-refractivity contribution < 1.29 is 27.4 Å². The molecule has 1 fully saturated rings. The summed E-state index contributed by atoms with van der Waals surface area (Å²) in [6.45, 7) is 1.70. The lowest BCUT2D eigenvalue weighted by Gasteiger charge is -2.12. The Hall–Kier alpha value is -1.80. The second-order valence-electron chi connectivity index (χ2n) is 5.86. The van der Waals surface area contributed by atoms with Crippen LogP contribution in [-0.2, 0) is 19.6 Å². The fourth-order valence-electron chi connectivity index (χ4n) is 2.73. The molecule has 24 heavy (non-hydrogen) atoms. The number of amides is 1. The Labute approximate surface area is 141 Å². The van der Waals surface area contributed by atoms with Crippen molar-refractivity contribution in [2.24, 2.45) is 0 Å². The first kappa shape index (κ1) is 17.0. The number of hydrogen-bond donors (Lipinski definition) is 1. The SMILES string of the molecule is O=C(CC[C@H]1CCCO1)NS(=O)(=O)c1ccc2c(c1)OCCCO2. The van der Waals surface area contributed by atoms with Crippen molar-refractivity contribution in [1.82, 2.24) is 4.72 Å². The maximum absolute atomic E-state index is 12.4.